The van der Waals surface area contributed by atoms with Crippen LogP contribution in [0.1, 0.15) is 23.6 Å². The van der Waals surface area contributed by atoms with Crippen LogP contribution in [0, 0.1) is 0 Å². The molecule has 1 saturated heterocycles. The Hall–Kier alpha value is -3.19. The van der Waals surface area contributed by atoms with E-state index in [4.69, 9.17) is 0 Å². The number of anilines is 2. The van der Waals surface area contributed by atoms with Crippen LogP contribution in [0.5, 0.6) is 5.75 Å². The molecule has 3 aromatic rings. The summed E-state index contributed by atoms with van der Waals surface area (Å²) in [4.78, 5) is 2.18. The predicted molar refractivity (Wildman–Crippen MR) is 121 cm³/mol. The van der Waals surface area contributed by atoms with Gasteiger partial charge in [0.1, 0.15) is 0 Å². The minimum absolute atomic E-state index is 0.244. The molecule has 1 heterocycles. The first kappa shape index (κ1) is 22.0. The molecule has 0 atom stereocenters. The number of benzene rings is 3. The average molecular weight is 441 g/mol. The van der Waals surface area contributed by atoms with Crippen LogP contribution in [0.2, 0.25) is 0 Å². The first-order valence-corrected chi connectivity index (χ1v) is 10.7. The standard InChI is InChI=1S/C25H26F3N3O/c26-25(27,28)32-23-13-12-21(31-16-7-14-29-15-17-31)18-22(23)30-24(19-8-3-1-4-9-19)20-10-5-2-6-11-20/h1-6,8-13,18,24,29-30H,7,14-17H2. The third kappa shape index (κ3) is 5.73. The molecular formula is C25H26F3N3O. The van der Waals surface area contributed by atoms with Crippen molar-refractivity contribution in [2.45, 2.75) is 18.8 Å². The van der Waals surface area contributed by atoms with Crippen molar-refractivity contribution < 1.29 is 17.9 Å². The first-order chi connectivity index (χ1) is 15.5. The molecule has 1 aliphatic rings. The van der Waals surface area contributed by atoms with Gasteiger partial charge in [0, 0.05) is 25.3 Å². The number of hydrogen-bond acceptors (Lipinski definition) is 4. The molecule has 7 heteroatoms. The fraction of sp³-hybridized carbons (Fsp3) is 0.280. The van der Waals surface area contributed by atoms with Crippen LogP contribution < -0.4 is 20.3 Å². The summed E-state index contributed by atoms with van der Waals surface area (Å²) in [6.07, 6.45) is -3.81. The number of halogens is 3. The number of nitrogens with one attached hydrogen (secondary N) is 2. The number of ether oxygens (including phenoxy) is 1. The van der Waals surface area contributed by atoms with Crippen molar-refractivity contribution in [2.24, 2.45) is 0 Å². The van der Waals surface area contributed by atoms with E-state index in [1.54, 1.807) is 12.1 Å². The fourth-order valence-corrected chi connectivity index (χ4v) is 3.95. The quantitative estimate of drug-likeness (QED) is 0.523. The van der Waals surface area contributed by atoms with Crippen molar-refractivity contribution >= 4 is 11.4 Å². The molecule has 0 amide bonds. The van der Waals surface area contributed by atoms with Gasteiger partial charge in [0.2, 0.25) is 0 Å². The lowest BCUT2D eigenvalue weighted by atomic mass is 9.98. The van der Waals surface area contributed by atoms with Gasteiger partial charge in [-0.3, -0.25) is 0 Å². The molecule has 0 bridgehead atoms. The van der Waals surface area contributed by atoms with E-state index in [1.165, 1.54) is 6.07 Å². The van der Waals surface area contributed by atoms with Crippen LogP contribution in [0.25, 0.3) is 0 Å². The van der Waals surface area contributed by atoms with Crippen molar-refractivity contribution in [3.05, 3.63) is 90.0 Å². The summed E-state index contributed by atoms with van der Waals surface area (Å²) >= 11 is 0. The zero-order valence-electron chi connectivity index (χ0n) is 17.6. The lowest BCUT2D eigenvalue weighted by Gasteiger charge is -2.27. The summed E-state index contributed by atoms with van der Waals surface area (Å²) in [5.74, 6) is -0.244. The fourth-order valence-electron chi connectivity index (χ4n) is 3.95. The van der Waals surface area contributed by atoms with Crippen LogP contribution in [0.15, 0.2) is 78.9 Å². The molecule has 0 aliphatic carbocycles. The van der Waals surface area contributed by atoms with Crippen molar-refractivity contribution in [1.82, 2.24) is 5.32 Å². The molecule has 0 aromatic heterocycles. The maximum absolute atomic E-state index is 13.1. The summed E-state index contributed by atoms with van der Waals surface area (Å²) in [7, 11) is 0. The van der Waals surface area contributed by atoms with E-state index < -0.39 is 6.36 Å². The van der Waals surface area contributed by atoms with Gasteiger partial charge in [0.05, 0.1) is 11.7 Å². The molecule has 168 valence electrons. The molecule has 0 spiro atoms. The van der Waals surface area contributed by atoms with E-state index in [0.717, 1.165) is 49.4 Å². The molecule has 0 saturated carbocycles. The second kappa shape index (κ2) is 9.96. The van der Waals surface area contributed by atoms with Crippen molar-refractivity contribution in [3.8, 4) is 5.75 Å². The molecule has 32 heavy (non-hydrogen) atoms. The van der Waals surface area contributed by atoms with E-state index in [0.29, 0.717) is 5.69 Å². The van der Waals surface area contributed by atoms with Gasteiger partial charge in [-0.05, 0) is 42.3 Å². The molecule has 1 aliphatic heterocycles. The Morgan fingerprint density at radius 2 is 1.50 bits per heavy atom. The van der Waals surface area contributed by atoms with Crippen molar-refractivity contribution in [1.29, 1.82) is 0 Å². The Labute approximate surface area is 186 Å². The smallest absolute Gasteiger partial charge is 0.404 e. The molecule has 3 aromatic carbocycles. The number of nitrogens with zero attached hydrogens (tertiary/aromatic N) is 1. The van der Waals surface area contributed by atoms with Gasteiger partial charge in [-0.2, -0.15) is 0 Å². The maximum atomic E-state index is 13.1. The third-order valence-electron chi connectivity index (χ3n) is 5.46. The molecular weight excluding hydrogens is 415 g/mol. The molecule has 4 nitrogen and oxygen atoms in total. The Morgan fingerprint density at radius 3 is 2.12 bits per heavy atom. The van der Waals surface area contributed by atoms with Gasteiger partial charge >= 0.3 is 6.36 Å². The van der Waals surface area contributed by atoms with Crippen molar-refractivity contribution in [2.75, 3.05) is 36.4 Å². The molecule has 0 radical (unpaired) electrons. The molecule has 2 N–H and O–H groups in total. The number of hydrogen-bond donors (Lipinski definition) is 2. The van der Waals surface area contributed by atoms with Crippen LogP contribution in [-0.2, 0) is 0 Å². The Morgan fingerprint density at radius 1 is 0.844 bits per heavy atom. The highest BCUT2D eigenvalue weighted by Gasteiger charge is 2.33. The Balaban J connectivity index is 1.73. The lowest BCUT2D eigenvalue weighted by molar-refractivity contribution is -0.274. The second-order valence-corrected chi connectivity index (χ2v) is 7.72. The van der Waals surface area contributed by atoms with Gasteiger partial charge in [-0.25, -0.2) is 0 Å². The summed E-state index contributed by atoms with van der Waals surface area (Å²) < 4.78 is 43.8. The van der Waals surface area contributed by atoms with Crippen LogP contribution in [0.3, 0.4) is 0 Å². The van der Waals surface area contributed by atoms with Gasteiger partial charge in [0.25, 0.3) is 0 Å². The third-order valence-corrected chi connectivity index (χ3v) is 5.46. The second-order valence-electron chi connectivity index (χ2n) is 7.72. The SMILES string of the molecule is FC(F)(F)Oc1ccc(N2CCCNCC2)cc1NC(c1ccccc1)c1ccccc1. The highest BCUT2D eigenvalue weighted by molar-refractivity contribution is 5.67. The molecule has 0 unspecified atom stereocenters. The highest BCUT2D eigenvalue weighted by Crippen LogP contribution is 2.37. The average Bonchev–Trinajstić information content (AvgIpc) is 3.08. The topological polar surface area (TPSA) is 36.5 Å². The van der Waals surface area contributed by atoms with E-state index in [2.05, 4.69) is 20.3 Å². The van der Waals surface area contributed by atoms with Gasteiger partial charge in [-0.15, -0.1) is 13.2 Å². The zero-order valence-corrected chi connectivity index (χ0v) is 17.6. The van der Waals surface area contributed by atoms with Gasteiger partial charge in [0.15, 0.2) is 5.75 Å². The molecule has 4 rings (SSSR count). The van der Waals surface area contributed by atoms with E-state index in [9.17, 15) is 13.2 Å². The van der Waals surface area contributed by atoms with Crippen molar-refractivity contribution in [3.63, 3.8) is 0 Å². The predicted octanol–water partition coefficient (Wildman–Crippen LogP) is 5.59. The summed E-state index contributed by atoms with van der Waals surface area (Å²) in [6.45, 7) is 3.40. The summed E-state index contributed by atoms with van der Waals surface area (Å²) in [5.41, 5.74) is 3.06. The lowest BCUT2D eigenvalue weighted by Crippen LogP contribution is -2.28. The monoisotopic (exact) mass is 441 g/mol. The van der Waals surface area contributed by atoms with E-state index in [-0.39, 0.29) is 11.8 Å². The minimum atomic E-state index is -4.78. The van der Waals surface area contributed by atoms with Gasteiger partial charge in [-0.1, -0.05) is 60.7 Å². The highest BCUT2D eigenvalue weighted by atomic mass is 19.4. The van der Waals surface area contributed by atoms with E-state index in [1.807, 2.05) is 60.7 Å². The maximum Gasteiger partial charge on any atom is 0.573 e. The number of alkyl halides is 3. The van der Waals surface area contributed by atoms with Crippen LogP contribution >= 0.6 is 0 Å². The van der Waals surface area contributed by atoms with Crippen LogP contribution in [-0.4, -0.2) is 32.5 Å². The number of rotatable bonds is 6. The summed E-state index contributed by atoms with van der Waals surface area (Å²) in [5, 5.41) is 6.68. The van der Waals surface area contributed by atoms with E-state index >= 15 is 0 Å². The molecule has 1 fully saturated rings. The first-order valence-electron chi connectivity index (χ1n) is 10.7. The largest absolute Gasteiger partial charge is 0.573 e. The summed E-state index contributed by atoms with van der Waals surface area (Å²) in [6, 6.07) is 23.8. The normalized spacial score (nSPS) is 14.8. The minimum Gasteiger partial charge on any atom is -0.404 e. The Bertz CT molecular complexity index is 949. The van der Waals surface area contributed by atoms with Gasteiger partial charge < -0.3 is 20.3 Å². The zero-order chi connectivity index (χ0) is 22.4. The Kier molecular flexibility index (Phi) is 6.85. The van der Waals surface area contributed by atoms with Crippen LogP contribution in [0.4, 0.5) is 24.5 Å².